The number of rotatable bonds is 5. The van der Waals surface area contributed by atoms with Crippen molar-refractivity contribution in [2.24, 2.45) is 0 Å². The standard InChI is InChI=1S/C13H18N2O3/c1-9(2)14-13(16)15-10-3-5-11(6-4-10)17-7-12-8-18-12/h3-6,9,12H,7-8H2,1-2H3,(H2,14,15,16). The van der Waals surface area contributed by atoms with Crippen molar-refractivity contribution in [3.63, 3.8) is 0 Å². The van der Waals surface area contributed by atoms with Gasteiger partial charge >= 0.3 is 6.03 Å². The summed E-state index contributed by atoms with van der Waals surface area (Å²) in [7, 11) is 0. The van der Waals surface area contributed by atoms with Crippen LogP contribution in [-0.2, 0) is 4.74 Å². The monoisotopic (exact) mass is 250 g/mol. The maximum Gasteiger partial charge on any atom is 0.319 e. The molecule has 0 radical (unpaired) electrons. The van der Waals surface area contributed by atoms with Crippen LogP contribution >= 0.6 is 0 Å². The summed E-state index contributed by atoms with van der Waals surface area (Å²) in [6.45, 7) is 5.20. The van der Waals surface area contributed by atoms with Crippen LogP contribution in [0, 0.1) is 0 Å². The highest BCUT2D eigenvalue weighted by Crippen LogP contribution is 2.17. The third-order valence-electron chi connectivity index (χ3n) is 2.37. The minimum Gasteiger partial charge on any atom is -0.491 e. The van der Waals surface area contributed by atoms with E-state index in [1.165, 1.54) is 0 Å². The lowest BCUT2D eigenvalue weighted by atomic mass is 10.3. The third-order valence-corrected chi connectivity index (χ3v) is 2.37. The number of ether oxygens (including phenoxy) is 2. The van der Waals surface area contributed by atoms with Crippen molar-refractivity contribution in [1.82, 2.24) is 5.32 Å². The van der Waals surface area contributed by atoms with Crippen LogP contribution in [0.25, 0.3) is 0 Å². The van der Waals surface area contributed by atoms with E-state index in [4.69, 9.17) is 9.47 Å². The van der Waals surface area contributed by atoms with Crippen LogP contribution in [0.5, 0.6) is 5.75 Å². The first-order valence-corrected chi connectivity index (χ1v) is 6.05. The summed E-state index contributed by atoms with van der Waals surface area (Å²) in [4.78, 5) is 11.5. The highest BCUT2D eigenvalue weighted by atomic mass is 16.6. The highest BCUT2D eigenvalue weighted by Gasteiger charge is 2.22. The quantitative estimate of drug-likeness (QED) is 0.786. The van der Waals surface area contributed by atoms with E-state index in [2.05, 4.69) is 10.6 Å². The van der Waals surface area contributed by atoms with Gasteiger partial charge in [-0.3, -0.25) is 0 Å². The zero-order valence-corrected chi connectivity index (χ0v) is 10.6. The minimum atomic E-state index is -0.204. The predicted octanol–water partition coefficient (Wildman–Crippen LogP) is 1.99. The molecule has 1 aromatic rings. The predicted molar refractivity (Wildman–Crippen MR) is 69.0 cm³/mol. The molecule has 1 fully saturated rings. The Balaban J connectivity index is 1.80. The van der Waals surface area contributed by atoms with Crippen molar-refractivity contribution in [3.8, 4) is 5.75 Å². The van der Waals surface area contributed by atoms with Crippen molar-refractivity contribution in [2.45, 2.75) is 26.0 Å². The number of hydrogen-bond donors (Lipinski definition) is 2. The van der Waals surface area contributed by atoms with Crippen molar-refractivity contribution in [2.75, 3.05) is 18.5 Å². The molecule has 1 atom stereocenters. The number of carbonyl (C=O) groups is 1. The largest absolute Gasteiger partial charge is 0.491 e. The van der Waals surface area contributed by atoms with E-state index in [-0.39, 0.29) is 18.2 Å². The van der Waals surface area contributed by atoms with Gasteiger partial charge in [-0.05, 0) is 38.1 Å². The van der Waals surface area contributed by atoms with Crippen LogP contribution in [0.4, 0.5) is 10.5 Å². The fourth-order valence-corrected chi connectivity index (χ4v) is 1.42. The zero-order valence-electron chi connectivity index (χ0n) is 10.6. The molecule has 2 rings (SSSR count). The van der Waals surface area contributed by atoms with Gasteiger partial charge in [-0.2, -0.15) is 0 Å². The van der Waals surface area contributed by atoms with Crippen LogP contribution in [0.2, 0.25) is 0 Å². The Labute approximate surface area is 106 Å². The molecule has 5 nitrogen and oxygen atoms in total. The Morgan fingerprint density at radius 3 is 2.67 bits per heavy atom. The topological polar surface area (TPSA) is 62.9 Å². The second-order valence-corrected chi connectivity index (χ2v) is 4.54. The second-order valence-electron chi connectivity index (χ2n) is 4.54. The van der Waals surface area contributed by atoms with Gasteiger partial charge in [-0.25, -0.2) is 4.79 Å². The first kappa shape index (κ1) is 12.7. The molecule has 0 aromatic heterocycles. The van der Waals surface area contributed by atoms with Gasteiger partial charge in [0.15, 0.2) is 0 Å². The number of nitrogens with one attached hydrogen (secondary N) is 2. The SMILES string of the molecule is CC(C)NC(=O)Nc1ccc(OCC2CO2)cc1. The molecule has 5 heteroatoms. The van der Waals surface area contributed by atoms with E-state index in [1.807, 2.05) is 38.1 Å². The first-order chi connectivity index (χ1) is 8.63. The Bertz CT molecular complexity index is 399. The lowest BCUT2D eigenvalue weighted by Gasteiger charge is -2.10. The molecule has 0 saturated carbocycles. The van der Waals surface area contributed by atoms with Gasteiger partial charge in [0.1, 0.15) is 18.5 Å². The van der Waals surface area contributed by atoms with Gasteiger partial charge in [0, 0.05) is 11.7 Å². The van der Waals surface area contributed by atoms with Gasteiger partial charge in [-0.1, -0.05) is 0 Å². The number of carbonyl (C=O) groups excluding carboxylic acids is 1. The molecule has 2 N–H and O–H groups in total. The summed E-state index contributed by atoms with van der Waals surface area (Å²) in [6, 6.07) is 7.18. The van der Waals surface area contributed by atoms with E-state index in [0.717, 1.165) is 18.0 Å². The van der Waals surface area contributed by atoms with Crippen LogP contribution < -0.4 is 15.4 Å². The zero-order chi connectivity index (χ0) is 13.0. The Morgan fingerprint density at radius 1 is 1.44 bits per heavy atom. The van der Waals surface area contributed by atoms with Crippen LogP contribution in [0.1, 0.15) is 13.8 Å². The molecule has 1 aromatic carbocycles. The van der Waals surface area contributed by atoms with Crippen LogP contribution in [0.3, 0.4) is 0 Å². The number of hydrogen-bond acceptors (Lipinski definition) is 3. The highest BCUT2D eigenvalue weighted by molar-refractivity contribution is 5.89. The molecule has 1 aliphatic rings. The fraction of sp³-hybridized carbons (Fsp3) is 0.462. The molecule has 1 saturated heterocycles. The number of anilines is 1. The van der Waals surface area contributed by atoms with Crippen molar-refractivity contribution in [1.29, 1.82) is 0 Å². The molecule has 1 unspecified atom stereocenters. The molecular weight excluding hydrogens is 232 g/mol. The molecule has 0 spiro atoms. The van der Waals surface area contributed by atoms with Gasteiger partial charge in [-0.15, -0.1) is 0 Å². The molecule has 2 amide bonds. The van der Waals surface area contributed by atoms with Crippen LogP contribution in [0.15, 0.2) is 24.3 Å². The normalized spacial score (nSPS) is 17.4. The summed E-state index contributed by atoms with van der Waals surface area (Å²) in [6.07, 6.45) is 0.250. The first-order valence-electron chi connectivity index (χ1n) is 6.05. The van der Waals surface area contributed by atoms with Gasteiger partial charge in [0.2, 0.25) is 0 Å². The maximum absolute atomic E-state index is 11.5. The maximum atomic E-state index is 11.5. The summed E-state index contributed by atoms with van der Waals surface area (Å²) in [5.41, 5.74) is 0.739. The average molecular weight is 250 g/mol. The summed E-state index contributed by atoms with van der Waals surface area (Å²) in [5.74, 6) is 0.778. The second kappa shape index (κ2) is 5.73. The Hall–Kier alpha value is -1.75. The van der Waals surface area contributed by atoms with E-state index < -0.39 is 0 Å². The molecule has 1 heterocycles. The third kappa shape index (κ3) is 4.25. The molecule has 1 aliphatic heterocycles. The molecule has 98 valence electrons. The number of urea groups is 1. The van der Waals surface area contributed by atoms with Gasteiger partial charge in [0.05, 0.1) is 6.61 Å². The van der Waals surface area contributed by atoms with E-state index in [9.17, 15) is 4.79 Å². The number of amides is 2. The van der Waals surface area contributed by atoms with E-state index in [1.54, 1.807) is 0 Å². The van der Waals surface area contributed by atoms with Crippen molar-refractivity contribution < 1.29 is 14.3 Å². The van der Waals surface area contributed by atoms with Gasteiger partial charge < -0.3 is 20.1 Å². The Kier molecular flexibility index (Phi) is 4.04. The summed E-state index contributed by atoms with van der Waals surface area (Å²) >= 11 is 0. The lowest BCUT2D eigenvalue weighted by molar-refractivity contribution is 0.250. The number of benzene rings is 1. The smallest absolute Gasteiger partial charge is 0.319 e. The summed E-state index contributed by atoms with van der Waals surface area (Å²) < 4.78 is 10.6. The minimum absolute atomic E-state index is 0.117. The summed E-state index contributed by atoms with van der Waals surface area (Å²) in [5, 5.41) is 5.50. The average Bonchev–Trinajstić information content (AvgIpc) is 3.11. The van der Waals surface area contributed by atoms with E-state index in [0.29, 0.717) is 6.61 Å². The van der Waals surface area contributed by atoms with Crippen molar-refractivity contribution in [3.05, 3.63) is 24.3 Å². The molecule has 18 heavy (non-hydrogen) atoms. The molecule has 0 aliphatic carbocycles. The molecular formula is C13H18N2O3. The molecule has 0 bridgehead atoms. The fourth-order valence-electron chi connectivity index (χ4n) is 1.42. The van der Waals surface area contributed by atoms with Crippen LogP contribution in [-0.4, -0.2) is 31.4 Å². The lowest BCUT2D eigenvalue weighted by Crippen LogP contribution is -2.34. The van der Waals surface area contributed by atoms with Gasteiger partial charge in [0.25, 0.3) is 0 Å². The Morgan fingerprint density at radius 2 is 2.11 bits per heavy atom. The number of epoxide rings is 1. The van der Waals surface area contributed by atoms with E-state index >= 15 is 0 Å². The van der Waals surface area contributed by atoms with Crippen molar-refractivity contribution >= 4 is 11.7 Å².